The fourth-order valence-electron chi connectivity index (χ4n) is 5.48. The standard InChI is InChI=1S/C25H29NO4/c1-4-21-15(2)13-25(29)23(16(3)30-24(25)28)22(21)12-9-19-8-5-18(14-26-19)17-6-10-20(27)11-7-17/h5-12,14-16,21-23,27,29H,4,13H2,1-3H3/b12-9+. The van der Waals surface area contributed by atoms with Gasteiger partial charge >= 0.3 is 5.97 Å². The highest BCUT2D eigenvalue weighted by Gasteiger charge is 2.62. The Morgan fingerprint density at radius 2 is 1.87 bits per heavy atom. The van der Waals surface area contributed by atoms with Crippen molar-refractivity contribution in [2.24, 2.45) is 23.7 Å². The van der Waals surface area contributed by atoms with Crippen LogP contribution in [0, 0.1) is 23.7 Å². The average molecular weight is 408 g/mol. The van der Waals surface area contributed by atoms with Gasteiger partial charge in [-0.15, -0.1) is 0 Å². The molecule has 30 heavy (non-hydrogen) atoms. The van der Waals surface area contributed by atoms with Crippen molar-refractivity contribution in [3.63, 3.8) is 0 Å². The van der Waals surface area contributed by atoms with Gasteiger partial charge in [-0.2, -0.15) is 0 Å². The smallest absolute Gasteiger partial charge is 0.338 e. The van der Waals surface area contributed by atoms with Crippen LogP contribution in [0.3, 0.4) is 0 Å². The maximum Gasteiger partial charge on any atom is 0.338 e. The van der Waals surface area contributed by atoms with Crippen molar-refractivity contribution >= 4 is 12.0 Å². The summed E-state index contributed by atoms with van der Waals surface area (Å²) in [5, 5.41) is 20.6. The molecule has 2 heterocycles. The van der Waals surface area contributed by atoms with Gasteiger partial charge < -0.3 is 14.9 Å². The second-order valence-corrected chi connectivity index (χ2v) is 8.77. The third kappa shape index (κ3) is 3.52. The number of phenols is 1. The Morgan fingerprint density at radius 3 is 2.50 bits per heavy atom. The zero-order valence-electron chi connectivity index (χ0n) is 17.7. The number of benzene rings is 1. The molecule has 0 amide bonds. The number of fused-ring (bicyclic) bond motifs is 1. The first-order valence-corrected chi connectivity index (χ1v) is 10.7. The molecule has 5 heteroatoms. The third-order valence-corrected chi connectivity index (χ3v) is 6.92. The summed E-state index contributed by atoms with van der Waals surface area (Å²) in [4.78, 5) is 16.9. The molecule has 1 aromatic heterocycles. The number of aromatic hydroxyl groups is 1. The van der Waals surface area contributed by atoms with E-state index in [1.165, 1.54) is 0 Å². The number of pyridine rings is 1. The third-order valence-electron chi connectivity index (χ3n) is 6.92. The maximum absolute atomic E-state index is 12.4. The molecule has 2 N–H and O–H groups in total. The van der Waals surface area contributed by atoms with Gasteiger partial charge in [0.15, 0.2) is 5.60 Å². The number of carbonyl (C=O) groups is 1. The van der Waals surface area contributed by atoms with Gasteiger partial charge in [-0.3, -0.25) is 4.98 Å². The summed E-state index contributed by atoms with van der Waals surface area (Å²) in [5.74, 6) is 0.175. The van der Waals surface area contributed by atoms with Gasteiger partial charge in [-0.1, -0.05) is 44.5 Å². The van der Waals surface area contributed by atoms with Crippen molar-refractivity contribution in [3.8, 4) is 16.9 Å². The van der Waals surface area contributed by atoms with E-state index in [0.29, 0.717) is 12.3 Å². The minimum Gasteiger partial charge on any atom is -0.508 e. The highest BCUT2D eigenvalue weighted by molar-refractivity contribution is 5.82. The van der Waals surface area contributed by atoms with Crippen LogP contribution in [0.5, 0.6) is 5.75 Å². The number of ether oxygens (including phenoxy) is 1. The SMILES string of the molecule is CCC1C(C)CC2(O)C(=O)OC(C)C2C1/C=C/c1ccc(-c2ccc(O)cc2)cn1. The number of hydrogen-bond acceptors (Lipinski definition) is 5. The second kappa shape index (κ2) is 7.88. The molecular weight excluding hydrogens is 378 g/mol. The van der Waals surface area contributed by atoms with Crippen LogP contribution in [-0.2, 0) is 9.53 Å². The molecule has 1 aromatic carbocycles. The summed E-state index contributed by atoms with van der Waals surface area (Å²) in [6, 6.07) is 11.0. The number of nitrogens with zero attached hydrogens (tertiary/aromatic N) is 1. The van der Waals surface area contributed by atoms with Crippen molar-refractivity contribution in [1.29, 1.82) is 0 Å². The maximum atomic E-state index is 12.4. The molecule has 2 aliphatic rings. The first-order chi connectivity index (χ1) is 14.3. The summed E-state index contributed by atoms with van der Waals surface area (Å²) in [6.07, 6.45) is 7.06. The number of esters is 1. The summed E-state index contributed by atoms with van der Waals surface area (Å²) in [5.41, 5.74) is 1.40. The number of carbonyl (C=O) groups excluding carboxylic acids is 1. The van der Waals surface area contributed by atoms with E-state index < -0.39 is 11.6 Å². The Labute approximate surface area is 177 Å². The number of cyclic esters (lactones) is 1. The van der Waals surface area contributed by atoms with Crippen LogP contribution >= 0.6 is 0 Å². The molecule has 1 aliphatic heterocycles. The van der Waals surface area contributed by atoms with Crippen LogP contribution in [0.15, 0.2) is 48.7 Å². The number of rotatable bonds is 4. The Balaban J connectivity index is 1.59. The Bertz CT molecular complexity index is 937. The Hall–Kier alpha value is -2.66. The second-order valence-electron chi connectivity index (χ2n) is 8.77. The van der Waals surface area contributed by atoms with Gasteiger partial charge in [0.25, 0.3) is 0 Å². The van der Waals surface area contributed by atoms with Crippen LogP contribution in [0.4, 0.5) is 0 Å². The van der Waals surface area contributed by atoms with Crippen LogP contribution in [0.2, 0.25) is 0 Å². The molecule has 2 fully saturated rings. The fourth-order valence-corrected chi connectivity index (χ4v) is 5.48. The van der Waals surface area contributed by atoms with Crippen LogP contribution in [0.1, 0.15) is 39.3 Å². The largest absolute Gasteiger partial charge is 0.508 e. The van der Waals surface area contributed by atoms with Crippen LogP contribution in [0.25, 0.3) is 17.2 Å². The monoisotopic (exact) mass is 407 g/mol. The molecule has 0 bridgehead atoms. The topological polar surface area (TPSA) is 79.7 Å². The molecule has 1 saturated carbocycles. The molecule has 0 spiro atoms. The fraction of sp³-hybridized carbons (Fsp3) is 0.440. The number of phenolic OH excluding ortho intramolecular Hbond substituents is 1. The summed E-state index contributed by atoms with van der Waals surface area (Å²) in [7, 11) is 0. The molecule has 6 unspecified atom stereocenters. The number of aliphatic hydroxyl groups is 1. The summed E-state index contributed by atoms with van der Waals surface area (Å²) < 4.78 is 5.45. The van der Waals surface area contributed by atoms with Crippen molar-refractivity contribution in [2.45, 2.75) is 45.3 Å². The van der Waals surface area contributed by atoms with Crippen LogP contribution < -0.4 is 0 Å². The Kier molecular flexibility index (Phi) is 5.41. The lowest BCUT2D eigenvalue weighted by atomic mass is 9.59. The molecule has 158 valence electrons. The number of hydrogen-bond donors (Lipinski definition) is 2. The summed E-state index contributed by atoms with van der Waals surface area (Å²) in [6.45, 7) is 6.16. The van der Waals surface area contributed by atoms with Crippen molar-refractivity contribution < 1.29 is 19.7 Å². The first kappa shape index (κ1) is 20.6. The molecule has 4 rings (SSSR count). The molecule has 2 aromatic rings. The predicted octanol–water partition coefficient (Wildman–Crippen LogP) is 4.44. The number of aromatic nitrogens is 1. The van der Waals surface area contributed by atoms with E-state index in [9.17, 15) is 15.0 Å². The average Bonchev–Trinajstić information content (AvgIpc) is 2.95. The lowest BCUT2D eigenvalue weighted by Gasteiger charge is -2.45. The Morgan fingerprint density at radius 1 is 1.17 bits per heavy atom. The van der Waals surface area contributed by atoms with E-state index >= 15 is 0 Å². The predicted molar refractivity (Wildman–Crippen MR) is 115 cm³/mol. The van der Waals surface area contributed by atoms with E-state index in [0.717, 1.165) is 23.2 Å². The van der Waals surface area contributed by atoms with Crippen LogP contribution in [-0.4, -0.2) is 32.9 Å². The van der Waals surface area contributed by atoms with Gasteiger partial charge in [0.05, 0.1) is 5.69 Å². The lowest BCUT2D eigenvalue weighted by molar-refractivity contribution is -0.160. The van der Waals surface area contributed by atoms with Gasteiger partial charge in [-0.25, -0.2) is 4.79 Å². The van der Waals surface area contributed by atoms with E-state index in [2.05, 4.69) is 24.9 Å². The molecule has 1 saturated heterocycles. The summed E-state index contributed by atoms with van der Waals surface area (Å²) >= 11 is 0. The highest BCUT2D eigenvalue weighted by atomic mass is 16.6. The molecule has 5 nitrogen and oxygen atoms in total. The zero-order valence-corrected chi connectivity index (χ0v) is 17.7. The van der Waals surface area contributed by atoms with Crippen molar-refractivity contribution in [1.82, 2.24) is 4.98 Å². The van der Waals surface area contributed by atoms with Crippen molar-refractivity contribution in [3.05, 3.63) is 54.4 Å². The van der Waals surface area contributed by atoms with E-state index in [1.54, 1.807) is 12.1 Å². The van der Waals surface area contributed by atoms with E-state index in [-0.39, 0.29) is 29.6 Å². The highest BCUT2D eigenvalue weighted by Crippen LogP contribution is 2.52. The number of allylic oxidation sites excluding steroid dienone is 1. The zero-order chi connectivity index (χ0) is 21.5. The first-order valence-electron chi connectivity index (χ1n) is 10.7. The quantitative estimate of drug-likeness (QED) is 0.733. The molecule has 6 atom stereocenters. The molecular formula is C25H29NO4. The van der Waals surface area contributed by atoms with Gasteiger partial charge in [-0.05, 0) is 60.9 Å². The van der Waals surface area contributed by atoms with E-state index in [4.69, 9.17) is 4.74 Å². The minimum absolute atomic E-state index is 0.0452. The minimum atomic E-state index is -1.39. The van der Waals surface area contributed by atoms with E-state index in [1.807, 2.05) is 43.5 Å². The molecule has 0 radical (unpaired) electrons. The van der Waals surface area contributed by atoms with Gasteiger partial charge in [0.1, 0.15) is 11.9 Å². The van der Waals surface area contributed by atoms with Crippen molar-refractivity contribution in [2.75, 3.05) is 0 Å². The lowest BCUT2D eigenvalue weighted by Crippen LogP contribution is -2.53. The van der Waals surface area contributed by atoms with Gasteiger partial charge in [0.2, 0.25) is 0 Å². The molecule has 1 aliphatic carbocycles. The normalized spacial score (nSPS) is 33.5. The van der Waals surface area contributed by atoms with Gasteiger partial charge in [0, 0.05) is 17.7 Å².